The van der Waals surface area contributed by atoms with Crippen molar-refractivity contribution < 1.29 is 12.9 Å². The molecule has 3 heterocycles. The fourth-order valence-electron chi connectivity index (χ4n) is 3.76. The number of nitrogens with zero attached hydrogens (tertiary/aromatic N) is 4. The summed E-state index contributed by atoms with van der Waals surface area (Å²) >= 11 is 0. The van der Waals surface area contributed by atoms with Gasteiger partial charge in [0.25, 0.3) is 0 Å². The number of fused-ring (bicyclic) bond motifs is 2. The van der Waals surface area contributed by atoms with Crippen LogP contribution >= 0.6 is 0 Å². The van der Waals surface area contributed by atoms with Gasteiger partial charge in [0.1, 0.15) is 17.3 Å². The van der Waals surface area contributed by atoms with Gasteiger partial charge in [-0.2, -0.15) is 4.31 Å². The number of rotatable bonds is 5. The highest BCUT2D eigenvalue weighted by Gasteiger charge is 2.26. The van der Waals surface area contributed by atoms with Gasteiger partial charge in [0.2, 0.25) is 10.0 Å². The van der Waals surface area contributed by atoms with Gasteiger partial charge in [-0.05, 0) is 32.1 Å². The molecular formula is C17H24N4O3S. The van der Waals surface area contributed by atoms with Crippen LogP contribution in [-0.2, 0) is 48.9 Å². The van der Waals surface area contributed by atoms with Gasteiger partial charge in [-0.25, -0.2) is 13.4 Å². The van der Waals surface area contributed by atoms with Crippen LogP contribution in [0.25, 0.3) is 0 Å². The number of imidazole rings is 1. The molecule has 4 rings (SSSR count). The van der Waals surface area contributed by atoms with Crippen molar-refractivity contribution >= 4 is 10.0 Å². The first kappa shape index (κ1) is 16.8. The van der Waals surface area contributed by atoms with Gasteiger partial charge in [0.05, 0.1) is 25.0 Å². The Morgan fingerprint density at radius 2 is 1.96 bits per heavy atom. The molecule has 8 heteroatoms. The third kappa shape index (κ3) is 3.50. The molecule has 2 aromatic heterocycles. The van der Waals surface area contributed by atoms with Crippen molar-refractivity contribution in [1.82, 2.24) is 19.0 Å². The summed E-state index contributed by atoms with van der Waals surface area (Å²) in [4.78, 5) is 4.63. The lowest BCUT2D eigenvalue weighted by Gasteiger charge is -2.18. The summed E-state index contributed by atoms with van der Waals surface area (Å²) < 4.78 is 33.6. The SMILES string of the molecule is CS(=O)(=O)N(Cc1cn2c(n1)CCCC2)Cc1noc2c1CCCC2. The predicted octanol–water partition coefficient (Wildman–Crippen LogP) is 2.05. The molecule has 0 fully saturated rings. The fraction of sp³-hybridized carbons (Fsp3) is 0.647. The van der Waals surface area contributed by atoms with E-state index in [-0.39, 0.29) is 13.1 Å². The molecule has 0 amide bonds. The minimum atomic E-state index is -3.36. The molecular weight excluding hydrogens is 340 g/mol. The summed E-state index contributed by atoms with van der Waals surface area (Å²) in [5.74, 6) is 1.99. The first-order chi connectivity index (χ1) is 12.0. The lowest BCUT2D eigenvalue weighted by Crippen LogP contribution is -2.30. The van der Waals surface area contributed by atoms with Crippen molar-refractivity contribution in [1.29, 1.82) is 0 Å². The second-order valence-corrected chi connectivity index (χ2v) is 9.05. The van der Waals surface area contributed by atoms with Crippen molar-refractivity contribution in [3.05, 3.63) is 34.7 Å². The fourth-order valence-corrected chi connectivity index (χ4v) is 4.48. The van der Waals surface area contributed by atoms with Crippen LogP contribution < -0.4 is 0 Å². The second-order valence-electron chi connectivity index (χ2n) is 7.07. The number of hydrogen-bond donors (Lipinski definition) is 0. The Balaban J connectivity index is 1.57. The Kier molecular flexibility index (Phi) is 4.41. The molecule has 0 unspecified atom stereocenters. The Hall–Kier alpha value is -1.67. The first-order valence-electron chi connectivity index (χ1n) is 8.97. The molecule has 0 N–H and O–H groups in total. The van der Waals surface area contributed by atoms with Crippen LogP contribution in [0.15, 0.2) is 10.7 Å². The Morgan fingerprint density at radius 3 is 2.76 bits per heavy atom. The predicted molar refractivity (Wildman–Crippen MR) is 92.4 cm³/mol. The highest BCUT2D eigenvalue weighted by atomic mass is 32.2. The molecule has 0 radical (unpaired) electrons. The van der Waals surface area contributed by atoms with Crippen LogP contribution in [0.1, 0.15) is 54.2 Å². The number of aryl methyl sites for hydroxylation is 3. The van der Waals surface area contributed by atoms with E-state index in [1.807, 2.05) is 6.20 Å². The minimum absolute atomic E-state index is 0.250. The quantitative estimate of drug-likeness (QED) is 0.811. The van der Waals surface area contributed by atoms with E-state index in [1.165, 1.54) is 10.6 Å². The molecule has 136 valence electrons. The van der Waals surface area contributed by atoms with E-state index in [0.717, 1.165) is 80.0 Å². The Morgan fingerprint density at radius 1 is 1.16 bits per heavy atom. The highest BCUT2D eigenvalue weighted by molar-refractivity contribution is 7.88. The monoisotopic (exact) mass is 364 g/mol. The van der Waals surface area contributed by atoms with Crippen molar-refractivity contribution in [2.45, 2.75) is 64.6 Å². The molecule has 1 aliphatic carbocycles. The van der Waals surface area contributed by atoms with Gasteiger partial charge in [0.15, 0.2) is 0 Å². The number of hydrogen-bond acceptors (Lipinski definition) is 5. The molecule has 0 bridgehead atoms. The van der Waals surface area contributed by atoms with Gasteiger partial charge in [0, 0.05) is 31.1 Å². The van der Waals surface area contributed by atoms with Crippen molar-refractivity contribution in [2.75, 3.05) is 6.26 Å². The van der Waals surface area contributed by atoms with E-state index in [4.69, 9.17) is 4.52 Å². The molecule has 0 saturated carbocycles. The zero-order valence-corrected chi connectivity index (χ0v) is 15.4. The number of aromatic nitrogens is 3. The van der Waals surface area contributed by atoms with Crippen LogP contribution in [0.5, 0.6) is 0 Å². The van der Waals surface area contributed by atoms with Gasteiger partial charge in [-0.15, -0.1) is 0 Å². The minimum Gasteiger partial charge on any atom is -0.361 e. The van der Waals surface area contributed by atoms with Crippen molar-refractivity contribution in [2.24, 2.45) is 0 Å². The van der Waals surface area contributed by atoms with Gasteiger partial charge in [-0.1, -0.05) is 5.16 Å². The van der Waals surface area contributed by atoms with Gasteiger partial charge in [-0.3, -0.25) is 0 Å². The van der Waals surface area contributed by atoms with Gasteiger partial charge < -0.3 is 9.09 Å². The van der Waals surface area contributed by atoms with Crippen LogP contribution in [0.4, 0.5) is 0 Å². The third-order valence-electron chi connectivity index (χ3n) is 5.12. The maximum Gasteiger partial charge on any atom is 0.211 e. The third-order valence-corrected chi connectivity index (χ3v) is 6.32. The van der Waals surface area contributed by atoms with Crippen LogP contribution in [0.3, 0.4) is 0 Å². The average Bonchev–Trinajstić information content (AvgIpc) is 3.17. The zero-order chi connectivity index (χ0) is 17.4. The summed E-state index contributed by atoms with van der Waals surface area (Å²) in [5.41, 5.74) is 2.66. The molecule has 0 spiro atoms. The van der Waals surface area contributed by atoms with Crippen molar-refractivity contribution in [3.8, 4) is 0 Å². The molecule has 25 heavy (non-hydrogen) atoms. The lowest BCUT2D eigenvalue weighted by molar-refractivity contribution is 0.350. The zero-order valence-electron chi connectivity index (χ0n) is 14.6. The molecule has 7 nitrogen and oxygen atoms in total. The smallest absolute Gasteiger partial charge is 0.211 e. The van der Waals surface area contributed by atoms with E-state index >= 15 is 0 Å². The summed E-state index contributed by atoms with van der Waals surface area (Å²) in [6.45, 7) is 1.50. The van der Waals surface area contributed by atoms with Crippen LogP contribution in [-0.4, -0.2) is 33.7 Å². The molecule has 0 atom stereocenters. The van der Waals surface area contributed by atoms with E-state index in [9.17, 15) is 8.42 Å². The highest BCUT2D eigenvalue weighted by Crippen LogP contribution is 2.26. The average molecular weight is 364 g/mol. The normalized spacial score (nSPS) is 17.5. The largest absolute Gasteiger partial charge is 0.361 e. The summed E-state index contributed by atoms with van der Waals surface area (Å²) in [7, 11) is -3.36. The Labute approximate surface area is 148 Å². The first-order valence-corrected chi connectivity index (χ1v) is 10.8. The standard InChI is InChI=1S/C17H24N4O3S/c1-25(22,23)21(11-13-10-20-9-5-4-8-17(20)18-13)12-15-14-6-2-3-7-16(14)24-19-15/h10H,2-9,11-12H2,1H3. The number of sulfonamides is 1. The van der Waals surface area contributed by atoms with E-state index in [1.54, 1.807) is 0 Å². The molecule has 2 aromatic rings. The van der Waals surface area contributed by atoms with Gasteiger partial charge >= 0.3 is 0 Å². The van der Waals surface area contributed by atoms with E-state index in [2.05, 4.69) is 14.7 Å². The Bertz CT molecular complexity index is 845. The maximum atomic E-state index is 12.3. The van der Waals surface area contributed by atoms with E-state index < -0.39 is 10.0 Å². The summed E-state index contributed by atoms with van der Waals surface area (Å²) in [6.07, 6.45) is 10.5. The summed E-state index contributed by atoms with van der Waals surface area (Å²) in [6, 6.07) is 0. The maximum absolute atomic E-state index is 12.3. The molecule has 1 aliphatic heterocycles. The molecule has 2 aliphatic rings. The van der Waals surface area contributed by atoms with Crippen molar-refractivity contribution in [3.63, 3.8) is 0 Å². The molecule has 0 saturated heterocycles. The lowest BCUT2D eigenvalue weighted by atomic mass is 9.96. The van der Waals surface area contributed by atoms with Crippen LogP contribution in [0, 0.1) is 0 Å². The summed E-state index contributed by atoms with van der Waals surface area (Å²) in [5, 5.41) is 4.15. The van der Waals surface area contributed by atoms with Crippen LogP contribution in [0.2, 0.25) is 0 Å². The topological polar surface area (TPSA) is 81.2 Å². The second kappa shape index (κ2) is 6.57. The van der Waals surface area contributed by atoms with E-state index in [0.29, 0.717) is 0 Å². The molecule has 0 aromatic carbocycles.